The molecule has 1 atom stereocenters. The summed E-state index contributed by atoms with van der Waals surface area (Å²) in [6.45, 7) is 6.15. The van der Waals surface area contributed by atoms with Crippen LogP contribution in [0.3, 0.4) is 0 Å². The van der Waals surface area contributed by atoms with Gasteiger partial charge < -0.3 is 14.0 Å². The third kappa shape index (κ3) is 4.11. The molecule has 0 amide bonds. The van der Waals surface area contributed by atoms with E-state index in [0.29, 0.717) is 24.4 Å². The minimum absolute atomic E-state index is 0.324. The summed E-state index contributed by atoms with van der Waals surface area (Å²) in [4.78, 5) is 11.3. The molecule has 1 aromatic carbocycles. The number of hydrogen-bond acceptors (Lipinski definition) is 7. The smallest absolute Gasteiger partial charge is 0.259 e. The number of benzene rings is 1. The molecule has 0 saturated carbocycles. The molecule has 7 nitrogen and oxygen atoms in total. The van der Waals surface area contributed by atoms with Gasteiger partial charge in [0.05, 0.1) is 24.5 Å². The zero-order valence-corrected chi connectivity index (χ0v) is 16.2. The number of aromatic nitrogens is 3. The maximum atomic E-state index is 5.45. The van der Waals surface area contributed by atoms with Crippen molar-refractivity contribution in [1.29, 1.82) is 0 Å². The van der Waals surface area contributed by atoms with Crippen molar-refractivity contribution >= 4 is 0 Å². The molecule has 1 fully saturated rings. The van der Waals surface area contributed by atoms with E-state index in [2.05, 4.69) is 51.2 Å². The third-order valence-electron chi connectivity index (χ3n) is 5.03. The minimum Gasteiger partial charge on any atom is -0.379 e. The van der Waals surface area contributed by atoms with Crippen molar-refractivity contribution in [1.82, 2.24) is 20.0 Å². The normalized spacial score (nSPS) is 16.2. The Bertz CT molecular complexity index is 887. The van der Waals surface area contributed by atoms with Crippen LogP contribution in [0.2, 0.25) is 0 Å². The number of morpholine rings is 1. The van der Waals surface area contributed by atoms with E-state index in [1.54, 1.807) is 13.3 Å². The van der Waals surface area contributed by atoms with Gasteiger partial charge in [-0.3, -0.25) is 9.88 Å². The predicted molar refractivity (Wildman–Crippen MR) is 104 cm³/mol. The van der Waals surface area contributed by atoms with E-state index >= 15 is 0 Å². The monoisotopic (exact) mass is 380 g/mol. The van der Waals surface area contributed by atoms with Gasteiger partial charge in [0.25, 0.3) is 5.89 Å². The van der Waals surface area contributed by atoms with Crippen LogP contribution in [0.25, 0.3) is 22.7 Å². The predicted octanol–water partition coefficient (Wildman–Crippen LogP) is 3.34. The lowest BCUT2D eigenvalue weighted by molar-refractivity contribution is 0.0198. The molecule has 7 heteroatoms. The summed E-state index contributed by atoms with van der Waals surface area (Å²) >= 11 is 0. The van der Waals surface area contributed by atoms with Gasteiger partial charge in [0.2, 0.25) is 0 Å². The van der Waals surface area contributed by atoms with E-state index in [-0.39, 0.29) is 0 Å². The van der Waals surface area contributed by atoms with Crippen LogP contribution in [0, 0.1) is 0 Å². The molecule has 3 aromatic rings. The number of nitrogens with zero attached hydrogens (tertiary/aromatic N) is 4. The molecule has 0 spiro atoms. The molecule has 2 aromatic heterocycles. The Morgan fingerprint density at radius 1 is 1.07 bits per heavy atom. The van der Waals surface area contributed by atoms with Crippen LogP contribution >= 0.6 is 0 Å². The second kappa shape index (κ2) is 8.60. The molecule has 0 radical (unpaired) electrons. The number of methoxy groups -OCH3 is 1. The van der Waals surface area contributed by atoms with Gasteiger partial charge in [-0.15, -0.1) is 0 Å². The van der Waals surface area contributed by atoms with Gasteiger partial charge in [0, 0.05) is 38.0 Å². The maximum Gasteiger partial charge on any atom is 0.259 e. The van der Waals surface area contributed by atoms with Crippen molar-refractivity contribution in [3.63, 3.8) is 0 Å². The second-order valence-corrected chi connectivity index (χ2v) is 6.83. The molecule has 1 unspecified atom stereocenters. The minimum atomic E-state index is 0.324. The first-order chi connectivity index (χ1) is 13.7. The first-order valence-corrected chi connectivity index (χ1v) is 9.44. The fourth-order valence-corrected chi connectivity index (χ4v) is 3.36. The molecular weight excluding hydrogens is 356 g/mol. The molecule has 1 saturated heterocycles. The third-order valence-corrected chi connectivity index (χ3v) is 5.03. The summed E-state index contributed by atoms with van der Waals surface area (Å²) in [5.74, 6) is 0.965. The lowest BCUT2D eigenvalue weighted by Gasteiger charge is -2.32. The summed E-state index contributed by atoms with van der Waals surface area (Å²) in [6.07, 6.45) is 1.75. The summed E-state index contributed by atoms with van der Waals surface area (Å²) in [5, 5.41) is 3.88. The summed E-state index contributed by atoms with van der Waals surface area (Å²) in [7, 11) is 1.60. The van der Waals surface area contributed by atoms with E-state index < -0.39 is 0 Å². The van der Waals surface area contributed by atoms with Crippen LogP contribution in [-0.2, 0) is 16.1 Å². The molecular formula is C21H24N4O3. The van der Waals surface area contributed by atoms with E-state index in [1.165, 1.54) is 5.56 Å². The SMILES string of the molecule is COCc1noc(-c2ccc(-c3ccc(C(C)N4CCOCC4)cc3)nc2)n1. The number of rotatable bonds is 6. The Hall–Kier alpha value is -2.61. The molecule has 3 heterocycles. The molecule has 146 valence electrons. The van der Waals surface area contributed by atoms with Gasteiger partial charge >= 0.3 is 0 Å². The molecule has 28 heavy (non-hydrogen) atoms. The van der Waals surface area contributed by atoms with Gasteiger partial charge in [-0.1, -0.05) is 29.4 Å². The van der Waals surface area contributed by atoms with Crippen LogP contribution in [0.15, 0.2) is 47.1 Å². The fourth-order valence-electron chi connectivity index (χ4n) is 3.36. The van der Waals surface area contributed by atoms with Gasteiger partial charge in [0.1, 0.15) is 6.61 Å². The van der Waals surface area contributed by atoms with E-state index in [9.17, 15) is 0 Å². The first kappa shape index (κ1) is 18.7. The topological polar surface area (TPSA) is 73.5 Å². The average molecular weight is 380 g/mol. The van der Waals surface area contributed by atoms with E-state index in [0.717, 1.165) is 43.1 Å². The largest absolute Gasteiger partial charge is 0.379 e. The lowest BCUT2D eigenvalue weighted by Crippen LogP contribution is -2.37. The van der Waals surface area contributed by atoms with Crippen LogP contribution in [0.1, 0.15) is 24.4 Å². The Morgan fingerprint density at radius 2 is 1.82 bits per heavy atom. The van der Waals surface area contributed by atoms with Crippen LogP contribution in [-0.4, -0.2) is 53.4 Å². The van der Waals surface area contributed by atoms with Crippen LogP contribution in [0.5, 0.6) is 0 Å². The van der Waals surface area contributed by atoms with Crippen molar-refractivity contribution < 1.29 is 14.0 Å². The zero-order valence-electron chi connectivity index (χ0n) is 16.2. The number of pyridine rings is 1. The fraction of sp³-hybridized carbons (Fsp3) is 0.381. The average Bonchev–Trinajstić information content (AvgIpc) is 3.23. The number of hydrogen-bond donors (Lipinski definition) is 0. The van der Waals surface area contributed by atoms with E-state index in [4.69, 9.17) is 14.0 Å². The van der Waals surface area contributed by atoms with Crippen LogP contribution in [0.4, 0.5) is 0 Å². The van der Waals surface area contributed by atoms with Crippen molar-refractivity contribution in [2.75, 3.05) is 33.4 Å². The zero-order chi connectivity index (χ0) is 19.3. The quantitative estimate of drug-likeness (QED) is 0.649. The van der Waals surface area contributed by atoms with Crippen molar-refractivity contribution in [2.24, 2.45) is 0 Å². The van der Waals surface area contributed by atoms with Crippen molar-refractivity contribution in [2.45, 2.75) is 19.6 Å². The first-order valence-electron chi connectivity index (χ1n) is 9.44. The van der Waals surface area contributed by atoms with Crippen molar-refractivity contribution in [3.05, 3.63) is 54.0 Å². The summed E-state index contributed by atoms with van der Waals surface area (Å²) < 4.78 is 15.7. The Morgan fingerprint density at radius 3 is 2.50 bits per heavy atom. The second-order valence-electron chi connectivity index (χ2n) is 6.83. The molecule has 1 aliphatic rings. The highest BCUT2D eigenvalue weighted by molar-refractivity contribution is 5.62. The molecule has 4 rings (SSSR count). The van der Waals surface area contributed by atoms with Gasteiger partial charge in [-0.05, 0) is 24.6 Å². The van der Waals surface area contributed by atoms with Crippen LogP contribution < -0.4 is 0 Å². The van der Waals surface area contributed by atoms with E-state index in [1.807, 2.05) is 12.1 Å². The molecule has 0 N–H and O–H groups in total. The highest BCUT2D eigenvalue weighted by Gasteiger charge is 2.18. The van der Waals surface area contributed by atoms with Crippen molar-refractivity contribution in [3.8, 4) is 22.7 Å². The summed E-state index contributed by atoms with van der Waals surface area (Å²) in [5.41, 5.74) is 4.08. The molecule has 1 aliphatic heterocycles. The standard InChI is InChI=1S/C21H24N4O3/c1-15(25-9-11-27-12-10-25)16-3-5-17(6-4-16)19-8-7-18(13-22-19)21-23-20(14-26-2)24-28-21/h3-8,13,15H,9-12,14H2,1-2H3. The van der Waals surface area contributed by atoms with Gasteiger partial charge in [-0.2, -0.15) is 4.98 Å². The molecule has 0 bridgehead atoms. The van der Waals surface area contributed by atoms with Gasteiger partial charge in [0.15, 0.2) is 5.82 Å². The maximum absolute atomic E-state index is 5.45. The molecule has 0 aliphatic carbocycles. The Kier molecular flexibility index (Phi) is 5.76. The highest BCUT2D eigenvalue weighted by Crippen LogP contribution is 2.26. The Balaban J connectivity index is 1.46. The van der Waals surface area contributed by atoms with Gasteiger partial charge in [-0.25, -0.2) is 0 Å². The summed E-state index contributed by atoms with van der Waals surface area (Å²) in [6, 6.07) is 12.9. The Labute approximate surface area is 164 Å². The number of ether oxygens (including phenoxy) is 2. The lowest BCUT2D eigenvalue weighted by atomic mass is 10.0. The highest BCUT2D eigenvalue weighted by atomic mass is 16.5.